The highest BCUT2D eigenvalue weighted by molar-refractivity contribution is 5.71. The smallest absolute Gasteiger partial charge is 0.246 e. The summed E-state index contributed by atoms with van der Waals surface area (Å²) in [4.78, 5) is 0. The molecule has 3 nitrogen and oxygen atoms in total. The van der Waals surface area contributed by atoms with Crippen LogP contribution in [0, 0.1) is 0 Å². The van der Waals surface area contributed by atoms with Crippen molar-refractivity contribution in [2.45, 2.75) is 58.6 Å². The van der Waals surface area contributed by atoms with Crippen molar-refractivity contribution in [3.63, 3.8) is 0 Å². The van der Waals surface area contributed by atoms with Crippen molar-refractivity contribution in [3.8, 4) is 0 Å². The third-order valence-corrected chi connectivity index (χ3v) is 4.01. The van der Waals surface area contributed by atoms with Crippen LogP contribution in [0.15, 0.2) is 30.6 Å². The molecule has 22 heavy (non-hydrogen) atoms. The molecular formula is C18H29ClN2O. The quantitative estimate of drug-likeness (QED) is 0.474. The van der Waals surface area contributed by atoms with Crippen LogP contribution < -0.4 is 17.0 Å². The molecule has 0 aliphatic rings. The van der Waals surface area contributed by atoms with Gasteiger partial charge in [0.15, 0.2) is 17.8 Å². The third-order valence-electron chi connectivity index (χ3n) is 4.01. The van der Waals surface area contributed by atoms with Crippen LogP contribution in [0.25, 0.3) is 11.0 Å². The second-order valence-electron chi connectivity index (χ2n) is 5.84. The summed E-state index contributed by atoms with van der Waals surface area (Å²) in [7, 11) is 2.08. The van der Waals surface area contributed by atoms with Crippen LogP contribution in [0.1, 0.15) is 51.9 Å². The Kier molecular flexibility index (Phi) is 9.17. The standard InChI is InChI=1S/C18H29N2O.ClH/c1-3-4-5-6-7-8-11-14-21-16-20-15-19(2)17-12-9-10-13-18(17)20;/h9-10,12-13,15H,3-8,11,14,16H2,1-2H3;1H/q+1;/p-1. The lowest BCUT2D eigenvalue weighted by atomic mass is 10.1. The van der Waals surface area contributed by atoms with E-state index in [4.69, 9.17) is 4.74 Å². The van der Waals surface area contributed by atoms with Crippen LogP contribution in [0.4, 0.5) is 0 Å². The van der Waals surface area contributed by atoms with Crippen LogP contribution in [0.2, 0.25) is 0 Å². The Morgan fingerprint density at radius 2 is 1.68 bits per heavy atom. The fourth-order valence-corrected chi connectivity index (χ4v) is 2.77. The highest BCUT2D eigenvalue weighted by atomic mass is 35.5. The van der Waals surface area contributed by atoms with E-state index in [2.05, 4.69) is 53.7 Å². The lowest BCUT2D eigenvalue weighted by molar-refractivity contribution is -0.646. The van der Waals surface area contributed by atoms with Crippen molar-refractivity contribution in [2.75, 3.05) is 6.61 Å². The van der Waals surface area contributed by atoms with Crippen molar-refractivity contribution in [3.05, 3.63) is 30.6 Å². The Morgan fingerprint density at radius 1 is 1.00 bits per heavy atom. The first-order valence-electron chi connectivity index (χ1n) is 8.34. The number of aryl methyl sites for hydroxylation is 1. The molecule has 0 fully saturated rings. The maximum atomic E-state index is 5.82. The lowest BCUT2D eigenvalue weighted by Crippen LogP contribution is -3.00. The van der Waals surface area contributed by atoms with E-state index in [1.165, 1.54) is 56.0 Å². The summed E-state index contributed by atoms with van der Waals surface area (Å²) in [5.41, 5.74) is 2.48. The Balaban J connectivity index is 0.00000242. The normalized spacial score (nSPS) is 10.8. The molecule has 2 aromatic rings. The van der Waals surface area contributed by atoms with E-state index in [-0.39, 0.29) is 12.4 Å². The first-order chi connectivity index (χ1) is 10.3. The van der Waals surface area contributed by atoms with Crippen LogP contribution in [0.3, 0.4) is 0 Å². The minimum absolute atomic E-state index is 0. The molecule has 0 aliphatic heterocycles. The van der Waals surface area contributed by atoms with Crippen molar-refractivity contribution in [1.29, 1.82) is 0 Å². The summed E-state index contributed by atoms with van der Waals surface area (Å²) in [5, 5.41) is 0. The van der Waals surface area contributed by atoms with Gasteiger partial charge in [-0.25, -0.2) is 9.13 Å². The molecule has 0 bridgehead atoms. The van der Waals surface area contributed by atoms with E-state index >= 15 is 0 Å². The van der Waals surface area contributed by atoms with Crippen LogP contribution >= 0.6 is 0 Å². The summed E-state index contributed by atoms with van der Waals surface area (Å²) < 4.78 is 10.1. The van der Waals surface area contributed by atoms with Gasteiger partial charge in [0.25, 0.3) is 0 Å². The van der Waals surface area contributed by atoms with Gasteiger partial charge in [0.05, 0.1) is 13.7 Å². The first kappa shape index (κ1) is 19.0. The van der Waals surface area contributed by atoms with Gasteiger partial charge in [-0.2, -0.15) is 0 Å². The molecule has 1 aromatic heterocycles. The number of nitrogens with zero attached hydrogens (tertiary/aromatic N) is 2. The van der Waals surface area contributed by atoms with Gasteiger partial charge >= 0.3 is 0 Å². The Labute approximate surface area is 140 Å². The maximum Gasteiger partial charge on any atom is 0.246 e. The number of fused-ring (bicyclic) bond motifs is 1. The number of aromatic nitrogens is 2. The number of imidazole rings is 1. The van der Waals surface area contributed by atoms with Gasteiger partial charge in [0.1, 0.15) is 0 Å². The van der Waals surface area contributed by atoms with Crippen LogP contribution in [-0.2, 0) is 18.5 Å². The van der Waals surface area contributed by atoms with Gasteiger partial charge in [-0.15, -0.1) is 0 Å². The molecule has 2 rings (SSSR count). The number of benzene rings is 1. The molecule has 124 valence electrons. The van der Waals surface area contributed by atoms with Crippen molar-refractivity contribution in [2.24, 2.45) is 7.05 Å². The molecule has 0 N–H and O–H groups in total. The largest absolute Gasteiger partial charge is 1.00 e. The lowest BCUT2D eigenvalue weighted by Gasteiger charge is -2.03. The summed E-state index contributed by atoms with van der Waals surface area (Å²) in [6, 6.07) is 8.44. The SMILES string of the molecule is CCCCCCCCCOCn1c[n+](C)c2ccccc21.[Cl-]. The summed E-state index contributed by atoms with van der Waals surface area (Å²) in [6.45, 7) is 3.78. The summed E-state index contributed by atoms with van der Waals surface area (Å²) in [5.74, 6) is 0. The van der Waals surface area contributed by atoms with Crippen molar-refractivity contribution in [1.82, 2.24) is 4.57 Å². The minimum Gasteiger partial charge on any atom is -1.00 e. The zero-order valence-corrected chi connectivity index (χ0v) is 14.7. The van der Waals surface area contributed by atoms with Crippen LogP contribution in [0.5, 0.6) is 0 Å². The third kappa shape index (κ3) is 5.62. The predicted molar refractivity (Wildman–Crippen MR) is 87.1 cm³/mol. The van der Waals surface area contributed by atoms with Gasteiger partial charge < -0.3 is 17.1 Å². The summed E-state index contributed by atoms with van der Waals surface area (Å²) >= 11 is 0. The number of hydrogen-bond acceptors (Lipinski definition) is 1. The second-order valence-corrected chi connectivity index (χ2v) is 5.84. The number of rotatable bonds is 10. The van der Waals surface area contributed by atoms with E-state index in [0.29, 0.717) is 6.73 Å². The van der Waals surface area contributed by atoms with Gasteiger partial charge in [-0.1, -0.05) is 57.6 Å². The average molecular weight is 325 g/mol. The molecule has 0 saturated heterocycles. The molecule has 0 spiro atoms. The van der Waals surface area contributed by atoms with E-state index < -0.39 is 0 Å². The maximum absolute atomic E-state index is 5.82. The molecule has 1 aromatic carbocycles. The van der Waals surface area contributed by atoms with E-state index in [0.717, 1.165) is 6.61 Å². The van der Waals surface area contributed by atoms with Gasteiger partial charge in [0, 0.05) is 0 Å². The molecule has 0 atom stereocenters. The zero-order valence-electron chi connectivity index (χ0n) is 13.9. The Morgan fingerprint density at radius 3 is 2.45 bits per heavy atom. The average Bonchev–Trinajstić information content (AvgIpc) is 2.83. The molecule has 0 aliphatic carbocycles. The molecule has 0 amide bonds. The summed E-state index contributed by atoms with van der Waals surface area (Å²) in [6.07, 6.45) is 11.4. The molecule has 4 heteroatoms. The van der Waals surface area contributed by atoms with E-state index in [1.54, 1.807) is 0 Å². The first-order valence-corrected chi connectivity index (χ1v) is 8.34. The fraction of sp³-hybridized carbons (Fsp3) is 0.611. The number of para-hydroxylation sites is 2. The molecule has 0 saturated carbocycles. The number of unbranched alkanes of at least 4 members (excludes halogenated alkanes) is 6. The molecule has 0 radical (unpaired) electrons. The zero-order chi connectivity index (χ0) is 14.9. The highest BCUT2D eigenvalue weighted by Crippen LogP contribution is 2.10. The Hall–Kier alpha value is -1.06. The van der Waals surface area contributed by atoms with Crippen LogP contribution in [-0.4, -0.2) is 11.2 Å². The molecule has 0 unspecified atom stereocenters. The fourth-order valence-electron chi connectivity index (χ4n) is 2.77. The number of halogens is 1. The number of hydrogen-bond donors (Lipinski definition) is 0. The van der Waals surface area contributed by atoms with Gasteiger partial charge in [0.2, 0.25) is 6.33 Å². The van der Waals surface area contributed by atoms with Gasteiger partial charge in [-0.05, 0) is 18.6 Å². The second kappa shape index (κ2) is 10.6. The minimum atomic E-state index is 0. The monoisotopic (exact) mass is 324 g/mol. The molecular weight excluding hydrogens is 296 g/mol. The molecule has 1 heterocycles. The highest BCUT2D eigenvalue weighted by Gasteiger charge is 2.11. The van der Waals surface area contributed by atoms with Crippen molar-refractivity contribution < 1.29 is 21.7 Å². The number of ether oxygens (including phenoxy) is 1. The Bertz CT molecular complexity index is 539. The van der Waals surface area contributed by atoms with Gasteiger partial charge in [-0.3, -0.25) is 0 Å². The predicted octanol–water partition coefficient (Wildman–Crippen LogP) is 1.19. The van der Waals surface area contributed by atoms with E-state index in [1.807, 2.05) is 0 Å². The van der Waals surface area contributed by atoms with Crippen molar-refractivity contribution >= 4 is 11.0 Å². The topological polar surface area (TPSA) is 18.0 Å². The van der Waals surface area contributed by atoms with E-state index in [9.17, 15) is 0 Å².